The molecule has 2 fully saturated rings. The Balaban J connectivity index is 1.50. The normalized spacial score (nSPS) is 35.2. The summed E-state index contributed by atoms with van der Waals surface area (Å²) in [5.74, 6) is 3.73. The molecule has 0 amide bonds. The fourth-order valence-corrected chi connectivity index (χ4v) is 3.54. The molecule has 0 aromatic carbocycles. The van der Waals surface area contributed by atoms with E-state index in [9.17, 15) is 0 Å². The molecule has 1 saturated carbocycles. The van der Waals surface area contributed by atoms with Crippen LogP contribution in [-0.4, -0.2) is 36.3 Å². The highest BCUT2D eigenvalue weighted by Gasteiger charge is 2.24. The minimum Gasteiger partial charge on any atom is -0.375 e. The third-order valence-corrected chi connectivity index (χ3v) is 4.63. The maximum atomic E-state index is 5.74. The largest absolute Gasteiger partial charge is 0.375 e. The molecule has 2 aliphatic rings. The molecular formula is C13H25NOS. The lowest BCUT2D eigenvalue weighted by atomic mass is 10.00. The van der Waals surface area contributed by atoms with Crippen LogP contribution in [0.5, 0.6) is 0 Å². The van der Waals surface area contributed by atoms with E-state index >= 15 is 0 Å². The van der Waals surface area contributed by atoms with Crippen molar-refractivity contribution in [3.8, 4) is 0 Å². The molecule has 0 spiro atoms. The van der Waals surface area contributed by atoms with E-state index in [0.29, 0.717) is 18.2 Å². The highest BCUT2D eigenvalue weighted by atomic mass is 32.2. The van der Waals surface area contributed by atoms with Gasteiger partial charge in [0.2, 0.25) is 0 Å². The first kappa shape index (κ1) is 12.7. The van der Waals surface area contributed by atoms with Gasteiger partial charge in [-0.3, -0.25) is 0 Å². The van der Waals surface area contributed by atoms with Crippen molar-refractivity contribution in [2.24, 2.45) is 5.92 Å². The van der Waals surface area contributed by atoms with Gasteiger partial charge in [0.25, 0.3) is 0 Å². The lowest BCUT2D eigenvalue weighted by Crippen LogP contribution is -2.42. The van der Waals surface area contributed by atoms with Crippen LogP contribution in [0.4, 0.5) is 0 Å². The molecule has 94 valence electrons. The molecule has 16 heavy (non-hydrogen) atoms. The van der Waals surface area contributed by atoms with E-state index in [2.05, 4.69) is 30.9 Å². The second-order valence-corrected chi connectivity index (χ2v) is 6.55. The first-order chi connectivity index (χ1) is 7.74. The monoisotopic (exact) mass is 243 g/mol. The van der Waals surface area contributed by atoms with Gasteiger partial charge in [-0.05, 0) is 51.2 Å². The molecule has 1 unspecified atom stereocenters. The van der Waals surface area contributed by atoms with E-state index < -0.39 is 0 Å². The zero-order valence-electron chi connectivity index (χ0n) is 10.6. The van der Waals surface area contributed by atoms with Crippen molar-refractivity contribution in [3.05, 3.63) is 0 Å². The highest BCUT2D eigenvalue weighted by molar-refractivity contribution is 7.99. The second-order valence-electron chi connectivity index (χ2n) is 5.40. The van der Waals surface area contributed by atoms with Crippen molar-refractivity contribution in [2.45, 2.75) is 57.8 Å². The van der Waals surface area contributed by atoms with Gasteiger partial charge in [0.15, 0.2) is 0 Å². The van der Waals surface area contributed by atoms with E-state index in [1.165, 1.54) is 43.7 Å². The van der Waals surface area contributed by atoms with Crippen LogP contribution in [0, 0.1) is 5.92 Å². The molecule has 0 aromatic rings. The van der Waals surface area contributed by atoms with Gasteiger partial charge >= 0.3 is 0 Å². The predicted octanol–water partition coefficient (Wildman–Crippen LogP) is 2.68. The van der Waals surface area contributed by atoms with Gasteiger partial charge in [-0.15, -0.1) is 0 Å². The van der Waals surface area contributed by atoms with Crippen molar-refractivity contribution < 1.29 is 4.74 Å². The molecule has 1 aliphatic carbocycles. The van der Waals surface area contributed by atoms with Crippen molar-refractivity contribution in [2.75, 3.05) is 18.1 Å². The van der Waals surface area contributed by atoms with E-state index in [4.69, 9.17) is 4.74 Å². The number of ether oxygens (including phenoxy) is 1. The summed E-state index contributed by atoms with van der Waals surface area (Å²) in [5, 5.41) is 3.68. The topological polar surface area (TPSA) is 21.3 Å². The standard InChI is InChI=1S/C13H25NOS/c1-10-7-13(8-11(2)15-10)14-5-6-16-9-12-3-4-12/h10-14H,3-9H2,1-2H3/t10-,11+,13?. The SMILES string of the molecule is C[C@@H]1CC(NCCSCC2CC2)C[C@H](C)O1. The minimum atomic E-state index is 0.431. The molecule has 1 saturated heterocycles. The van der Waals surface area contributed by atoms with E-state index in [-0.39, 0.29) is 0 Å². The maximum Gasteiger partial charge on any atom is 0.0565 e. The van der Waals surface area contributed by atoms with Crippen molar-refractivity contribution in [1.29, 1.82) is 0 Å². The van der Waals surface area contributed by atoms with Crippen LogP contribution in [0.2, 0.25) is 0 Å². The Hall–Kier alpha value is 0.270. The van der Waals surface area contributed by atoms with Crippen LogP contribution in [0.1, 0.15) is 39.5 Å². The molecule has 0 aromatic heterocycles. The molecule has 1 aliphatic heterocycles. The Bertz CT molecular complexity index is 198. The number of hydrogen-bond acceptors (Lipinski definition) is 3. The molecule has 3 heteroatoms. The Morgan fingerprint density at radius 1 is 1.19 bits per heavy atom. The van der Waals surface area contributed by atoms with E-state index in [1.54, 1.807) is 0 Å². The Kier molecular flexibility index (Phi) is 4.98. The Morgan fingerprint density at radius 3 is 2.50 bits per heavy atom. The Labute approximate surface area is 104 Å². The van der Waals surface area contributed by atoms with E-state index in [1.807, 2.05) is 0 Å². The number of rotatable bonds is 6. The van der Waals surface area contributed by atoms with Gasteiger partial charge in [-0.25, -0.2) is 0 Å². The van der Waals surface area contributed by atoms with Crippen LogP contribution in [0.15, 0.2) is 0 Å². The summed E-state index contributed by atoms with van der Waals surface area (Å²) in [6.07, 6.45) is 6.18. The fourth-order valence-electron chi connectivity index (χ4n) is 2.44. The summed E-state index contributed by atoms with van der Waals surface area (Å²) in [7, 11) is 0. The third-order valence-electron chi connectivity index (χ3n) is 3.43. The lowest BCUT2D eigenvalue weighted by Gasteiger charge is -2.32. The van der Waals surface area contributed by atoms with Crippen LogP contribution < -0.4 is 5.32 Å². The lowest BCUT2D eigenvalue weighted by molar-refractivity contribution is -0.0417. The number of nitrogens with one attached hydrogen (secondary N) is 1. The van der Waals surface area contributed by atoms with Crippen molar-refractivity contribution >= 4 is 11.8 Å². The summed E-state index contributed by atoms with van der Waals surface area (Å²) in [5.41, 5.74) is 0. The minimum absolute atomic E-state index is 0.431. The number of thioether (sulfide) groups is 1. The summed E-state index contributed by atoms with van der Waals surface area (Å²) in [6.45, 7) is 5.54. The molecule has 2 rings (SSSR count). The highest BCUT2D eigenvalue weighted by Crippen LogP contribution is 2.32. The first-order valence-corrected chi connectivity index (χ1v) is 7.86. The third kappa shape index (κ3) is 4.64. The van der Waals surface area contributed by atoms with Crippen LogP contribution in [0.3, 0.4) is 0 Å². The van der Waals surface area contributed by atoms with Crippen molar-refractivity contribution in [1.82, 2.24) is 5.32 Å². The van der Waals surface area contributed by atoms with Crippen molar-refractivity contribution in [3.63, 3.8) is 0 Å². The molecule has 3 atom stereocenters. The fraction of sp³-hybridized carbons (Fsp3) is 1.00. The summed E-state index contributed by atoms with van der Waals surface area (Å²) in [4.78, 5) is 0. The number of hydrogen-bond donors (Lipinski definition) is 1. The average Bonchev–Trinajstić information content (AvgIpc) is 2.99. The van der Waals surface area contributed by atoms with Crippen LogP contribution >= 0.6 is 11.8 Å². The van der Waals surface area contributed by atoms with Crippen LogP contribution in [-0.2, 0) is 4.74 Å². The van der Waals surface area contributed by atoms with Gasteiger partial charge in [-0.1, -0.05) is 0 Å². The molecular weight excluding hydrogens is 218 g/mol. The zero-order valence-corrected chi connectivity index (χ0v) is 11.4. The predicted molar refractivity (Wildman–Crippen MR) is 71.1 cm³/mol. The summed E-state index contributed by atoms with van der Waals surface area (Å²) in [6, 6.07) is 0.681. The van der Waals surface area contributed by atoms with E-state index in [0.717, 1.165) is 5.92 Å². The molecule has 0 bridgehead atoms. The molecule has 1 N–H and O–H groups in total. The molecule has 2 nitrogen and oxygen atoms in total. The quantitative estimate of drug-likeness (QED) is 0.725. The molecule has 0 radical (unpaired) electrons. The van der Waals surface area contributed by atoms with Gasteiger partial charge in [-0.2, -0.15) is 11.8 Å². The Morgan fingerprint density at radius 2 is 1.88 bits per heavy atom. The summed E-state index contributed by atoms with van der Waals surface area (Å²) < 4.78 is 5.74. The van der Waals surface area contributed by atoms with Crippen LogP contribution in [0.25, 0.3) is 0 Å². The zero-order chi connectivity index (χ0) is 11.4. The van der Waals surface area contributed by atoms with Gasteiger partial charge in [0, 0.05) is 18.3 Å². The average molecular weight is 243 g/mol. The van der Waals surface area contributed by atoms with Gasteiger partial charge < -0.3 is 10.1 Å². The first-order valence-electron chi connectivity index (χ1n) is 6.70. The smallest absolute Gasteiger partial charge is 0.0565 e. The second kappa shape index (κ2) is 6.27. The van der Waals surface area contributed by atoms with Gasteiger partial charge in [0.05, 0.1) is 12.2 Å². The maximum absolute atomic E-state index is 5.74. The van der Waals surface area contributed by atoms with Gasteiger partial charge in [0.1, 0.15) is 0 Å². The summed E-state index contributed by atoms with van der Waals surface area (Å²) >= 11 is 2.12. The molecule has 1 heterocycles.